The van der Waals surface area contributed by atoms with Crippen molar-refractivity contribution in [3.05, 3.63) is 143 Å². The molecule has 0 amide bonds. The monoisotopic (exact) mass is 598 g/mol. The number of nitrogens with one attached hydrogen (secondary N) is 2. The van der Waals surface area contributed by atoms with E-state index in [0.717, 1.165) is 90.8 Å². The second kappa shape index (κ2) is 9.94. The van der Waals surface area contributed by atoms with Gasteiger partial charge in [-0.2, -0.15) is 0 Å². The van der Waals surface area contributed by atoms with Gasteiger partial charge in [0.05, 0.1) is 32.9 Å². The lowest BCUT2D eigenvalue weighted by Gasteiger charge is -2.24. The van der Waals surface area contributed by atoms with Crippen molar-refractivity contribution in [3.63, 3.8) is 0 Å². The van der Waals surface area contributed by atoms with Gasteiger partial charge in [-0.25, -0.2) is 9.97 Å². The predicted molar refractivity (Wildman–Crippen MR) is 180 cm³/mol. The van der Waals surface area contributed by atoms with Gasteiger partial charge in [0, 0.05) is 11.1 Å². The van der Waals surface area contributed by atoms with E-state index in [4.69, 9.17) is 9.97 Å². The number of benzene rings is 5. The molecule has 0 unspecified atom stereocenters. The quantitative estimate of drug-likeness (QED) is 0.197. The number of carbonyl (C=O) groups excluding carboxylic acids is 2. The minimum absolute atomic E-state index is 0.530. The van der Waals surface area contributed by atoms with Gasteiger partial charge < -0.3 is 19.6 Å². The van der Waals surface area contributed by atoms with Crippen molar-refractivity contribution in [2.75, 3.05) is 0 Å². The number of H-pyrrole nitrogens is 2. The number of hydrogen-bond acceptors (Lipinski definition) is 4. The summed E-state index contributed by atoms with van der Waals surface area (Å²) < 4.78 is 0. The van der Waals surface area contributed by atoms with E-state index in [1.807, 2.05) is 84.9 Å². The van der Waals surface area contributed by atoms with Gasteiger partial charge in [-0.1, -0.05) is 84.9 Å². The molecule has 7 aromatic rings. The molecule has 9 rings (SSSR count). The van der Waals surface area contributed by atoms with Crippen molar-refractivity contribution in [2.45, 2.75) is 36.5 Å². The molecule has 0 saturated carbocycles. The first-order valence-electron chi connectivity index (χ1n) is 15.7. The molecule has 5 aromatic carbocycles. The fraction of sp³-hybridized carbons (Fsp3) is 0.150. The Hall–Kier alpha value is -5.62. The zero-order valence-corrected chi connectivity index (χ0v) is 25.1. The van der Waals surface area contributed by atoms with E-state index < -0.39 is 10.8 Å². The maximum absolute atomic E-state index is 13.3. The summed E-state index contributed by atoms with van der Waals surface area (Å²) in [5.41, 5.74) is 10.6. The Balaban J connectivity index is 1.38. The summed E-state index contributed by atoms with van der Waals surface area (Å²) >= 11 is 0. The van der Waals surface area contributed by atoms with Crippen LogP contribution in [0, 0.1) is 0 Å². The van der Waals surface area contributed by atoms with Gasteiger partial charge in [0.25, 0.3) is 0 Å². The Kier molecular flexibility index (Phi) is 5.78. The molecule has 2 aliphatic rings. The molecule has 0 radical (unpaired) electrons. The number of carbonyl (C=O) groups is 2. The Morgan fingerprint density at radius 1 is 0.478 bits per heavy atom. The standard InChI is InChI=1S/C40H30N4O2/c45-23-39(25-11-3-1-4-12-25)19-27-28(20-39)36(38-43-33-17-9-10-18-34(33)44-38)30-22-40(24-46,26-13-5-2-6-14-26)21-29(30)35(27)37-41-31-15-7-8-16-32(31)42-37/h1-18,23-24H,19-22H2,(H,41,42)(H,43,44). The van der Waals surface area contributed by atoms with Crippen LogP contribution in [-0.4, -0.2) is 32.5 Å². The van der Waals surface area contributed by atoms with E-state index in [1.54, 1.807) is 0 Å². The zero-order valence-electron chi connectivity index (χ0n) is 25.1. The highest BCUT2D eigenvalue weighted by Crippen LogP contribution is 2.54. The van der Waals surface area contributed by atoms with E-state index in [-0.39, 0.29) is 0 Å². The van der Waals surface area contributed by atoms with E-state index >= 15 is 0 Å². The third-order valence-corrected chi connectivity index (χ3v) is 10.3. The summed E-state index contributed by atoms with van der Waals surface area (Å²) in [6.07, 6.45) is 4.39. The summed E-state index contributed by atoms with van der Waals surface area (Å²) in [5, 5.41) is 0. The van der Waals surface area contributed by atoms with Crippen LogP contribution in [0.3, 0.4) is 0 Å². The third-order valence-electron chi connectivity index (χ3n) is 10.3. The predicted octanol–water partition coefficient (Wildman–Crippen LogP) is 7.24. The molecule has 46 heavy (non-hydrogen) atoms. The number of fused-ring (bicyclic) bond motifs is 4. The smallest absolute Gasteiger partial charge is 0.139 e. The lowest BCUT2D eigenvalue weighted by molar-refractivity contribution is -0.113. The number of para-hydroxylation sites is 4. The zero-order chi connectivity index (χ0) is 30.9. The number of nitrogens with zero attached hydrogens (tertiary/aromatic N) is 2. The lowest BCUT2D eigenvalue weighted by Crippen LogP contribution is -2.29. The molecule has 2 aliphatic carbocycles. The number of aromatic amines is 2. The summed E-state index contributed by atoms with van der Waals surface area (Å²) in [7, 11) is 0. The van der Waals surface area contributed by atoms with Crippen molar-refractivity contribution in [2.24, 2.45) is 0 Å². The van der Waals surface area contributed by atoms with E-state index in [1.165, 1.54) is 0 Å². The van der Waals surface area contributed by atoms with Crippen LogP contribution < -0.4 is 0 Å². The average molecular weight is 599 g/mol. The fourth-order valence-electron chi connectivity index (χ4n) is 8.10. The van der Waals surface area contributed by atoms with Crippen LogP contribution in [0.25, 0.3) is 44.8 Å². The molecule has 2 aromatic heterocycles. The third kappa shape index (κ3) is 3.83. The maximum atomic E-state index is 13.3. The summed E-state index contributed by atoms with van der Waals surface area (Å²) in [5.74, 6) is 1.55. The van der Waals surface area contributed by atoms with Crippen molar-refractivity contribution in [1.29, 1.82) is 0 Å². The van der Waals surface area contributed by atoms with Crippen molar-refractivity contribution < 1.29 is 9.59 Å². The van der Waals surface area contributed by atoms with Crippen LogP contribution in [-0.2, 0) is 46.1 Å². The van der Waals surface area contributed by atoms with Crippen LogP contribution in [0.4, 0.5) is 0 Å². The van der Waals surface area contributed by atoms with Crippen LogP contribution >= 0.6 is 0 Å². The topological polar surface area (TPSA) is 91.5 Å². The Morgan fingerprint density at radius 3 is 1.17 bits per heavy atom. The Labute approximate surface area is 265 Å². The van der Waals surface area contributed by atoms with Gasteiger partial charge in [-0.3, -0.25) is 0 Å². The van der Waals surface area contributed by atoms with Crippen LogP contribution in [0.5, 0.6) is 0 Å². The van der Waals surface area contributed by atoms with Gasteiger partial charge >= 0.3 is 0 Å². The van der Waals surface area contributed by atoms with E-state index in [0.29, 0.717) is 25.7 Å². The van der Waals surface area contributed by atoms with E-state index in [9.17, 15) is 9.59 Å². The SMILES string of the molecule is O=CC1(c2ccccc2)Cc2c(c(-c3nc4ccccc4[nH]3)c3c(c2-c2nc4ccccc4[nH]2)CC(C=O)(c2ccccc2)C3)C1. The minimum Gasteiger partial charge on any atom is -0.338 e. The molecular weight excluding hydrogens is 568 g/mol. The molecule has 222 valence electrons. The molecule has 0 fully saturated rings. The van der Waals surface area contributed by atoms with Crippen LogP contribution in [0.1, 0.15) is 33.4 Å². The Morgan fingerprint density at radius 2 is 0.826 bits per heavy atom. The number of aromatic nitrogens is 4. The highest BCUT2D eigenvalue weighted by atomic mass is 16.1. The largest absolute Gasteiger partial charge is 0.338 e. The molecule has 6 heteroatoms. The number of aldehydes is 2. The first-order valence-corrected chi connectivity index (χ1v) is 15.7. The number of hydrogen-bond donors (Lipinski definition) is 2. The van der Waals surface area contributed by atoms with Crippen LogP contribution in [0.15, 0.2) is 109 Å². The fourth-order valence-corrected chi connectivity index (χ4v) is 8.10. The van der Waals surface area contributed by atoms with Gasteiger partial charge in [0.1, 0.15) is 24.2 Å². The van der Waals surface area contributed by atoms with Crippen molar-refractivity contribution in [3.8, 4) is 22.8 Å². The second-order valence-corrected chi connectivity index (χ2v) is 12.9. The lowest BCUT2D eigenvalue weighted by atomic mass is 9.77. The minimum atomic E-state index is -0.735. The van der Waals surface area contributed by atoms with Crippen LogP contribution in [0.2, 0.25) is 0 Å². The normalized spacial score (nSPS) is 16.0. The highest BCUT2D eigenvalue weighted by Gasteiger charge is 2.48. The first kappa shape index (κ1) is 26.8. The first-order chi connectivity index (χ1) is 22.6. The van der Waals surface area contributed by atoms with Gasteiger partial charge in [0.2, 0.25) is 0 Å². The number of rotatable bonds is 6. The molecule has 6 nitrogen and oxygen atoms in total. The molecular formula is C40H30N4O2. The van der Waals surface area contributed by atoms with Crippen molar-refractivity contribution >= 4 is 34.6 Å². The molecule has 0 spiro atoms. The Bertz CT molecular complexity index is 2050. The average Bonchev–Trinajstić information content (AvgIpc) is 3.90. The molecule has 0 bridgehead atoms. The molecule has 0 saturated heterocycles. The van der Waals surface area contributed by atoms with Gasteiger partial charge in [0.15, 0.2) is 0 Å². The molecule has 2 N–H and O–H groups in total. The second-order valence-electron chi connectivity index (χ2n) is 12.9. The molecule has 2 heterocycles. The highest BCUT2D eigenvalue weighted by molar-refractivity contribution is 5.91. The van der Waals surface area contributed by atoms with E-state index in [2.05, 4.69) is 34.2 Å². The maximum Gasteiger partial charge on any atom is 0.139 e. The molecule has 0 atom stereocenters. The summed E-state index contributed by atoms with van der Waals surface area (Å²) in [4.78, 5) is 44.0. The van der Waals surface area contributed by atoms with Gasteiger partial charge in [-0.05, 0) is 83.3 Å². The summed E-state index contributed by atoms with van der Waals surface area (Å²) in [6.45, 7) is 0. The summed E-state index contributed by atoms with van der Waals surface area (Å²) in [6, 6.07) is 36.3. The molecule has 0 aliphatic heterocycles. The van der Waals surface area contributed by atoms with Gasteiger partial charge in [-0.15, -0.1) is 0 Å². The van der Waals surface area contributed by atoms with Crippen molar-refractivity contribution in [1.82, 2.24) is 19.9 Å². The number of imidazole rings is 2.